The predicted molar refractivity (Wildman–Crippen MR) is 180 cm³/mol. The Hall–Kier alpha value is -5.61. The van der Waals surface area contributed by atoms with Gasteiger partial charge in [0.1, 0.15) is 29.1 Å². The number of nitrogens with zero attached hydrogens (tertiary/aromatic N) is 2. The topological polar surface area (TPSA) is 127 Å². The van der Waals surface area contributed by atoms with Gasteiger partial charge in [-0.05, 0) is 29.3 Å². The molecule has 0 saturated carbocycles. The van der Waals surface area contributed by atoms with Gasteiger partial charge in [-0.2, -0.15) is 0 Å². The summed E-state index contributed by atoms with van der Waals surface area (Å²) in [6.07, 6.45) is 0.996. The van der Waals surface area contributed by atoms with Gasteiger partial charge in [-0.15, -0.1) is 6.58 Å². The Morgan fingerprint density at radius 1 is 0.915 bits per heavy atom. The van der Waals surface area contributed by atoms with Crippen molar-refractivity contribution in [3.05, 3.63) is 126 Å². The molecular formula is C37H37N5O5. The van der Waals surface area contributed by atoms with Gasteiger partial charge in [-0.3, -0.25) is 9.59 Å². The molecule has 10 heteroatoms. The van der Waals surface area contributed by atoms with Crippen LogP contribution in [0.2, 0.25) is 0 Å². The van der Waals surface area contributed by atoms with E-state index in [4.69, 9.17) is 4.42 Å². The number of carbonyl (C=O) groups excluding carboxylic acids is 3. The first-order valence-corrected chi connectivity index (χ1v) is 15.6. The lowest BCUT2D eigenvalue weighted by Crippen LogP contribution is -2.69. The molecule has 1 aromatic heterocycles. The SMILES string of the molecule is C=CCNCC(=O)N1[C@@H](NC(=O)NCc2ccccc2)CN(Cc2cccc3c2oc2ccccc23)C(=O)[C@@H]1Cc1ccc(O)cc1. The molecule has 0 unspecified atom stereocenters. The molecule has 0 aliphatic carbocycles. The third-order valence-electron chi connectivity index (χ3n) is 8.32. The summed E-state index contributed by atoms with van der Waals surface area (Å²) in [6, 6.07) is 28.3. The van der Waals surface area contributed by atoms with Crippen molar-refractivity contribution in [2.45, 2.75) is 31.7 Å². The fourth-order valence-corrected chi connectivity index (χ4v) is 6.07. The number of rotatable bonds is 11. The molecule has 2 heterocycles. The van der Waals surface area contributed by atoms with Gasteiger partial charge < -0.3 is 35.3 Å². The largest absolute Gasteiger partial charge is 0.508 e. The summed E-state index contributed by atoms with van der Waals surface area (Å²) in [5.74, 6) is -0.497. The number of aromatic hydroxyl groups is 1. The second-order valence-corrected chi connectivity index (χ2v) is 11.5. The lowest BCUT2D eigenvalue weighted by atomic mass is 9.98. The minimum atomic E-state index is -0.930. The van der Waals surface area contributed by atoms with Gasteiger partial charge in [-0.1, -0.05) is 84.9 Å². The van der Waals surface area contributed by atoms with Gasteiger partial charge in [0, 0.05) is 42.4 Å². The molecule has 1 aliphatic rings. The van der Waals surface area contributed by atoms with E-state index in [0.717, 1.165) is 33.0 Å². The molecule has 4 N–H and O–H groups in total. The summed E-state index contributed by atoms with van der Waals surface area (Å²) in [5.41, 5.74) is 3.94. The number of carbonyl (C=O) groups is 3. The first-order chi connectivity index (χ1) is 22.9. The fraction of sp³-hybridized carbons (Fsp3) is 0.216. The number of urea groups is 1. The molecule has 47 heavy (non-hydrogen) atoms. The minimum Gasteiger partial charge on any atom is -0.508 e. The van der Waals surface area contributed by atoms with E-state index >= 15 is 0 Å². The summed E-state index contributed by atoms with van der Waals surface area (Å²) in [6.45, 7) is 4.62. The van der Waals surface area contributed by atoms with Crippen LogP contribution in [-0.4, -0.2) is 64.6 Å². The van der Waals surface area contributed by atoms with E-state index in [1.807, 2.05) is 72.8 Å². The number of amides is 4. The van der Waals surface area contributed by atoms with Crippen molar-refractivity contribution in [2.75, 3.05) is 19.6 Å². The second-order valence-electron chi connectivity index (χ2n) is 11.5. The molecule has 4 amide bonds. The van der Waals surface area contributed by atoms with Crippen molar-refractivity contribution < 1.29 is 23.9 Å². The molecule has 10 nitrogen and oxygen atoms in total. The van der Waals surface area contributed by atoms with E-state index in [0.29, 0.717) is 18.7 Å². The lowest BCUT2D eigenvalue weighted by Gasteiger charge is -2.46. The van der Waals surface area contributed by atoms with Crippen LogP contribution >= 0.6 is 0 Å². The van der Waals surface area contributed by atoms with Crippen molar-refractivity contribution >= 4 is 39.8 Å². The van der Waals surface area contributed by atoms with Crippen molar-refractivity contribution in [1.82, 2.24) is 25.8 Å². The number of fused-ring (bicyclic) bond motifs is 3. The Kier molecular flexibility index (Phi) is 9.49. The Morgan fingerprint density at radius 3 is 2.45 bits per heavy atom. The van der Waals surface area contributed by atoms with Gasteiger partial charge in [0.05, 0.1) is 13.1 Å². The molecule has 6 rings (SSSR count). The van der Waals surface area contributed by atoms with Crippen molar-refractivity contribution in [3.8, 4) is 5.75 Å². The summed E-state index contributed by atoms with van der Waals surface area (Å²) < 4.78 is 6.25. The summed E-state index contributed by atoms with van der Waals surface area (Å²) >= 11 is 0. The van der Waals surface area contributed by atoms with Gasteiger partial charge in [-0.25, -0.2) is 4.79 Å². The monoisotopic (exact) mass is 631 g/mol. The van der Waals surface area contributed by atoms with Crippen LogP contribution < -0.4 is 16.0 Å². The molecule has 5 aromatic rings. The number of furan rings is 1. The zero-order valence-corrected chi connectivity index (χ0v) is 25.9. The molecule has 4 aromatic carbocycles. The molecule has 240 valence electrons. The molecular weight excluding hydrogens is 594 g/mol. The number of hydrogen-bond acceptors (Lipinski definition) is 6. The van der Waals surface area contributed by atoms with Crippen LogP contribution in [-0.2, 0) is 29.1 Å². The quantitative estimate of drug-likeness (QED) is 0.124. The highest BCUT2D eigenvalue weighted by Crippen LogP contribution is 2.32. The van der Waals surface area contributed by atoms with E-state index in [-0.39, 0.29) is 43.6 Å². The van der Waals surface area contributed by atoms with E-state index in [1.54, 1.807) is 35.2 Å². The van der Waals surface area contributed by atoms with Gasteiger partial charge in [0.25, 0.3) is 0 Å². The highest BCUT2D eigenvalue weighted by Gasteiger charge is 2.43. The smallest absolute Gasteiger partial charge is 0.316 e. The average molecular weight is 632 g/mol. The Bertz CT molecular complexity index is 1890. The average Bonchev–Trinajstić information content (AvgIpc) is 3.47. The van der Waals surface area contributed by atoms with Crippen molar-refractivity contribution in [2.24, 2.45) is 0 Å². The summed E-state index contributed by atoms with van der Waals surface area (Å²) in [5, 5.41) is 20.7. The van der Waals surface area contributed by atoms with Gasteiger partial charge >= 0.3 is 6.03 Å². The Morgan fingerprint density at radius 2 is 1.66 bits per heavy atom. The van der Waals surface area contributed by atoms with E-state index < -0.39 is 18.2 Å². The molecule has 2 atom stereocenters. The first kappa shape index (κ1) is 31.4. The minimum absolute atomic E-state index is 0.0481. The fourth-order valence-electron chi connectivity index (χ4n) is 6.07. The Balaban J connectivity index is 1.33. The number of benzene rings is 4. The highest BCUT2D eigenvalue weighted by atomic mass is 16.3. The number of hydrogen-bond donors (Lipinski definition) is 4. The molecule has 1 fully saturated rings. The lowest BCUT2D eigenvalue weighted by molar-refractivity contribution is -0.156. The van der Waals surface area contributed by atoms with Crippen LogP contribution in [0.15, 0.2) is 114 Å². The number of nitrogens with one attached hydrogen (secondary N) is 3. The van der Waals surface area contributed by atoms with Crippen LogP contribution in [0.5, 0.6) is 5.75 Å². The summed E-state index contributed by atoms with van der Waals surface area (Å²) in [7, 11) is 0. The van der Waals surface area contributed by atoms with E-state index in [1.165, 1.54) is 4.90 Å². The van der Waals surface area contributed by atoms with Gasteiger partial charge in [0.2, 0.25) is 11.8 Å². The third kappa shape index (κ3) is 7.13. The number of piperazine rings is 1. The zero-order valence-electron chi connectivity index (χ0n) is 25.9. The van der Waals surface area contributed by atoms with Crippen LogP contribution in [0.4, 0.5) is 4.79 Å². The van der Waals surface area contributed by atoms with E-state index in [9.17, 15) is 19.5 Å². The number of phenolic OH excluding ortho intramolecular Hbond substituents is 1. The maximum absolute atomic E-state index is 14.4. The maximum atomic E-state index is 14.4. The van der Waals surface area contributed by atoms with Crippen LogP contribution in [0.1, 0.15) is 16.7 Å². The molecule has 0 radical (unpaired) electrons. The number of para-hydroxylation sites is 2. The van der Waals surface area contributed by atoms with Crippen LogP contribution in [0.25, 0.3) is 21.9 Å². The molecule has 0 spiro atoms. The predicted octanol–water partition coefficient (Wildman–Crippen LogP) is 4.67. The van der Waals surface area contributed by atoms with Crippen LogP contribution in [0.3, 0.4) is 0 Å². The zero-order chi connectivity index (χ0) is 32.8. The van der Waals surface area contributed by atoms with Crippen molar-refractivity contribution in [3.63, 3.8) is 0 Å². The highest BCUT2D eigenvalue weighted by molar-refractivity contribution is 6.05. The van der Waals surface area contributed by atoms with E-state index in [2.05, 4.69) is 22.5 Å². The normalized spacial score (nSPS) is 16.4. The molecule has 0 bridgehead atoms. The molecule has 1 aliphatic heterocycles. The number of phenols is 1. The Labute approximate surface area is 272 Å². The third-order valence-corrected chi connectivity index (χ3v) is 8.32. The van der Waals surface area contributed by atoms with Crippen LogP contribution in [0, 0.1) is 0 Å². The maximum Gasteiger partial charge on any atom is 0.316 e. The van der Waals surface area contributed by atoms with Crippen molar-refractivity contribution in [1.29, 1.82) is 0 Å². The molecule has 1 saturated heterocycles. The standard InChI is InChI=1S/C37H37N5O5/c1-2-19-38-22-34(44)42-31(20-25-15-17-28(43)18-16-25)36(45)41(24-33(42)40-37(46)39-21-26-9-4-3-5-10-26)23-27-11-8-13-30-29-12-6-7-14-32(29)47-35(27)30/h2-18,31,33,38,43H,1,19-24H2,(H2,39,40,46)/t31-,33+/m0/s1. The second kappa shape index (κ2) is 14.2. The first-order valence-electron chi connectivity index (χ1n) is 15.6. The summed E-state index contributed by atoms with van der Waals surface area (Å²) in [4.78, 5) is 44.7. The van der Waals surface area contributed by atoms with Gasteiger partial charge in [0.15, 0.2) is 0 Å².